The van der Waals surface area contributed by atoms with Crippen molar-refractivity contribution in [1.29, 1.82) is 10.5 Å². The molecule has 2 aromatic carbocycles. The highest BCUT2D eigenvalue weighted by atomic mass is 79.9. The number of methoxy groups -OCH3 is 1. The van der Waals surface area contributed by atoms with E-state index in [0.29, 0.717) is 17.6 Å². The summed E-state index contributed by atoms with van der Waals surface area (Å²) in [5.41, 5.74) is 1.45. The number of phenolic OH excluding ortho intramolecular Hbond substituents is 1. The lowest BCUT2D eigenvalue weighted by Crippen LogP contribution is -2.27. The van der Waals surface area contributed by atoms with Gasteiger partial charge in [0.25, 0.3) is 0 Å². The summed E-state index contributed by atoms with van der Waals surface area (Å²) in [6.07, 6.45) is 1.09. The number of hydrogen-bond acceptors (Lipinski definition) is 8. The maximum atomic E-state index is 11.4. The minimum Gasteiger partial charge on any atom is -0.506 e. The van der Waals surface area contributed by atoms with E-state index in [9.17, 15) is 20.4 Å². The van der Waals surface area contributed by atoms with Gasteiger partial charge in [0.2, 0.25) is 0 Å². The summed E-state index contributed by atoms with van der Waals surface area (Å²) < 4.78 is 5.27. The summed E-state index contributed by atoms with van der Waals surface area (Å²) in [6, 6.07) is 12.0. The van der Waals surface area contributed by atoms with Gasteiger partial charge in [0, 0.05) is 29.3 Å². The van der Waals surface area contributed by atoms with Crippen LogP contribution in [0.25, 0.3) is 0 Å². The lowest BCUT2D eigenvalue weighted by molar-refractivity contribution is -0.140. The Morgan fingerprint density at radius 2 is 1.83 bits per heavy atom. The summed E-state index contributed by atoms with van der Waals surface area (Å²) >= 11 is 3.25. The van der Waals surface area contributed by atoms with E-state index in [-0.39, 0.29) is 40.6 Å². The Bertz CT molecular complexity index is 1000. The summed E-state index contributed by atoms with van der Waals surface area (Å²) in [4.78, 5) is 13.4. The van der Waals surface area contributed by atoms with Crippen LogP contribution in [0.3, 0.4) is 0 Å². The minimum absolute atomic E-state index is 0.107. The zero-order valence-corrected chi connectivity index (χ0v) is 18.2. The Morgan fingerprint density at radius 3 is 2.37 bits per heavy atom. The van der Waals surface area contributed by atoms with E-state index in [0.717, 1.165) is 12.1 Å². The van der Waals surface area contributed by atoms with E-state index in [1.165, 1.54) is 7.11 Å². The van der Waals surface area contributed by atoms with E-state index < -0.39 is 0 Å². The predicted octanol–water partition coefficient (Wildman–Crippen LogP) is 5.09. The number of nitrogens with zero attached hydrogens (tertiary/aromatic N) is 5. The minimum atomic E-state index is -0.304. The van der Waals surface area contributed by atoms with Crippen LogP contribution in [0.4, 0.5) is 17.1 Å². The molecule has 2 aromatic rings. The van der Waals surface area contributed by atoms with E-state index in [1.807, 2.05) is 24.0 Å². The standard InChI is InChI=1S/C21H20BrN5O3/c1-3-7-27(8-6-20(29)30-2)17-4-5-18(19(28)11-17)25-26-21-14(12-23)9-16(22)10-15(21)13-24/h4-5,9-11,28H,3,6-8H2,1-2H3/b26-25+. The molecule has 0 bridgehead atoms. The van der Waals surface area contributed by atoms with Gasteiger partial charge in [0.1, 0.15) is 29.3 Å². The topological polar surface area (TPSA) is 122 Å². The Morgan fingerprint density at radius 1 is 1.17 bits per heavy atom. The number of hydrogen-bond donors (Lipinski definition) is 1. The van der Waals surface area contributed by atoms with Gasteiger partial charge in [-0.3, -0.25) is 4.79 Å². The van der Waals surface area contributed by atoms with Gasteiger partial charge in [-0.2, -0.15) is 10.5 Å². The molecule has 0 aliphatic carbocycles. The molecular weight excluding hydrogens is 450 g/mol. The van der Waals surface area contributed by atoms with Crippen molar-refractivity contribution in [2.75, 3.05) is 25.1 Å². The monoisotopic (exact) mass is 469 g/mol. The summed E-state index contributed by atoms with van der Waals surface area (Å²) in [7, 11) is 1.35. The van der Waals surface area contributed by atoms with E-state index in [4.69, 9.17) is 0 Å². The molecule has 154 valence electrons. The molecule has 0 fully saturated rings. The van der Waals surface area contributed by atoms with Gasteiger partial charge in [-0.05, 0) is 30.7 Å². The van der Waals surface area contributed by atoms with Crippen LogP contribution in [0.2, 0.25) is 0 Å². The third-order valence-electron chi connectivity index (χ3n) is 4.20. The van der Waals surface area contributed by atoms with Crippen molar-refractivity contribution in [3.8, 4) is 17.9 Å². The van der Waals surface area contributed by atoms with Crippen molar-refractivity contribution in [3.05, 3.63) is 45.9 Å². The van der Waals surface area contributed by atoms with Crippen LogP contribution in [0.1, 0.15) is 30.9 Å². The zero-order chi connectivity index (χ0) is 22.1. The molecule has 0 aliphatic heterocycles. The largest absolute Gasteiger partial charge is 0.506 e. The third kappa shape index (κ3) is 5.79. The second kappa shape index (κ2) is 10.9. The molecule has 0 spiro atoms. The fourth-order valence-electron chi connectivity index (χ4n) is 2.74. The number of carbonyl (C=O) groups excluding carboxylic acids is 1. The van der Waals surface area contributed by atoms with Crippen LogP contribution in [0.5, 0.6) is 5.75 Å². The number of nitriles is 2. The normalized spacial score (nSPS) is 10.4. The number of halogens is 1. The molecule has 0 saturated carbocycles. The molecule has 0 aromatic heterocycles. The number of azo groups is 1. The van der Waals surface area contributed by atoms with Gasteiger partial charge >= 0.3 is 5.97 Å². The first-order chi connectivity index (χ1) is 14.4. The van der Waals surface area contributed by atoms with Crippen molar-refractivity contribution in [2.45, 2.75) is 19.8 Å². The Kier molecular flexibility index (Phi) is 8.33. The van der Waals surface area contributed by atoms with Crippen molar-refractivity contribution in [2.24, 2.45) is 10.2 Å². The highest BCUT2D eigenvalue weighted by Gasteiger charge is 2.13. The molecular formula is C21H20BrN5O3. The molecule has 0 saturated heterocycles. The third-order valence-corrected chi connectivity index (χ3v) is 4.66. The summed E-state index contributed by atoms with van der Waals surface area (Å²) in [5, 5.41) is 37.0. The van der Waals surface area contributed by atoms with Gasteiger partial charge < -0.3 is 14.7 Å². The van der Waals surface area contributed by atoms with Crippen LogP contribution in [-0.4, -0.2) is 31.3 Å². The quantitative estimate of drug-likeness (QED) is 0.424. The number of anilines is 1. The van der Waals surface area contributed by atoms with Crippen molar-refractivity contribution < 1.29 is 14.6 Å². The molecule has 2 rings (SSSR count). The van der Waals surface area contributed by atoms with Crippen LogP contribution in [0.15, 0.2) is 45.0 Å². The molecule has 9 heteroatoms. The number of aromatic hydroxyl groups is 1. The molecule has 1 N–H and O–H groups in total. The maximum absolute atomic E-state index is 11.4. The Balaban J connectivity index is 2.31. The predicted molar refractivity (Wildman–Crippen MR) is 115 cm³/mol. The zero-order valence-electron chi connectivity index (χ0n) is 16.6. The molecule has 0 unspecified atom stereocenters. The molecule has 30 heavy (non-hydrogen) atoms. The van der Waals surface area contributed by atoms with E-state index in [2.05, 4.69) is 30.9 Å². The van der Waals surface area contributed by atoms with E-state index in [1.54, 1.807) is 30.3 Å². The number of ether oxygens (including phenoxy) is 1. The van der Waals surface area contributed by atoms with Gasteiger partial charge in [0.05, 0.1) is 24.7 Å². The van der Waals surface area contributed by atoms with Gasteiger partial charge in [0.15, 0.2) is 0 Å². The highest BCUT2D eigenvalue weighted by Crippen LogP contribution is 2.34. The van der Waals surface area contributed by atoms with Crippen LogP contribution in [-0.2, 0) is 9.53 Å². The summed E-state index contributed by atoms with van der Waals surface area (Å²) in [6.45, 7) is 3.18. The fraction of sp³-hybridized carbons (Fsp3) is 0.286. The Hall–Kier alpha value is -3.43. The first kappa shape index (κ1) is 22.9. The number of esters is 1. The molecule has 0 heterocycles. The Labute approximate surface area is 183 Å². The molecule has 0 radical (unpaired) electrons. The second-order valence-electron chi connectivity index (χ2n) is 6.26. The molecule has 0 atom stereocenters. The maximum Gasteiger partial charge on any atom is 0.307 e. The average Bonchev–Trinajstić information content (AvgIpc) is 2.75. The van der Waals surface area contributed by atoms with Crippen LogP contribution >= 0.6 is 15.9 Å². The second-order valence-corrected chi connectivity index (χ2v) is 7.17. The van der Waals surface area contributed by atoms with Gasteiger partial charge in [-0.15, -0.1) is 10.2 Å². The fourth-order valence-corrected chi connectivity index (χ4v) is 3.20. The average molecular weight is 470 g/mol. The lowest BCUT2D eigenvalue weighted by atomic mass is 10.1. The van der Waals surface area contributed by atoms with Crippen LogP contribution in [0, 0.1) is 22.7 Å². The molecule has 8 nitrogen and oxygen atoms in total. The first-order valence-electron chi connectivity index (χ1n) is 9.13. The summed E-state index contributed by atoms with van der Waals surface area (Å²) in [5.74, 6) is -0.411. The van der Waals surface area contributed by atoms with Crippen molar-refractivity contribution >= 4 is 39.0 Å². The number of carbonyl (C=O) groups is 1. The first-order valence-corrected chi connectivity index (χ1v) is 9.93. The van der Waals surface area contributed by atoms with E-state index >= 15 is 0 Å². The van der Waals surface area contributed by atoms with Gasteiger partial charge in [-0.25, -0.2) is 0 Å². The van der Waals surface area contributed by atoms with Gasteiger partial charge in [-0.1, -0.05) is 22.9 Å². The molecule has 0 aliphatic rings. The molecule has 0 amide bonds. The number of benzene rings is 2. The smallest absolute Gasteiger partial charge is 0.307 e. The SMILES string of the molecule is CCCN(CCC(=O)OC)c1ccc(/N=N/c2c(C#N)cc(Br)cc2C#N)c(O)c1. The van der Waals surface area contributed by atoms with Crippen LogP contribution < -0.4 is 4.90 Å². The lowest BCUT2D eigenvalue weighted by Gasteiger charge is -2.24. The van der Waals surface area contributed by atoms with Crippen molar-refractivity contribution in [1.82, 2.24) is 0 Å². The highest BCUT2D eigenvalue weighted by molar-refractivity contribution is 9.10. The number of phenols is 1. The van der Waals surface area contributed by atoms with Crippen molar-refractivity contribution in [3.63, 3.8) is 0 Å². The number of rotatable bonds is 8.